The van der Waals surface area contributed by atoms with Crippen LogP contribution in [0.3, 0.4) is 0 Å². The van der Waals surface area contributed by atoms with E-state index in [2.05, 4.69) is 72.8 Å². The molecule has 0 bridgehead atoms. The van der Waals surface area contributed by atoms with Gasteiger partial charge in [-0.2, -0.15) is 0 Å². The lowest BCUT2D eigenvalue weighted by Gasteiger charge is -2.31. The molecule has 2 atom stereocenters. The third kappa shape index (κ3) is 2.65. The van der Waals surface area contributed by atoms with Crippen LogP contribution in [0.2, 0.25) is 0 Å². The van der Waals surface area contributed by atoms with Crippen LogP contribution in [0.1, 0.15) is 23.7 Å². The zero-order valence-electron chi connectivity index (χ0n) is 12.3. The zero-order chi connectivity index (χ0) is 14.8. The maximum Gasteiger partial charge on any atom is 0.110 e. The summed E-state index contributed by atoms with van der Waals surface area (Å²) in [5.74, 6) is 1.21. The van der Waals surface area contributed by atoms with Gasteiger partial charge in [-0.1, -0.05) is 72.8 Å². The smallest absolute Gasteiger partial charge is 0.110 e. The van der Waals surface area contributed by atoms with E-state index >= 15 is 0 Å². The Morgan fingerprint density at radius 3 is 2.36 bits per heavy atom. The van der Waals surface area contributed by atoms with Crippen LogP contribution >= 0.6 is 11.8 Å². The Kier molecular flexibility index (Phi) is 3.88. The van der Waals surface area contributed by atoms with Crippen LogP contribution in [0.5, 0.6) is 0 Å². The second kappa shape index (κ2) is 6.15. The maximum atomic E-state index is 6.43. The molecule has 4 rings (SSSR count). The summed E-state index contributed by atoms with van der Waals surface area (Å²) in [6, 6.07) is 25.6. The van der Waals surface area contributed by atoms with Gasteiger partial charge in [0.2, 0.25) is 0 Å². The number of fused-ring (bicyclic) bond motifs is 1. The number of rotatable bonds is 4. The van der Waals surface area contributed by atoms with Crippen LogP contribution in [0.4, 0.5) is 0 Å². The molecule has 1 aliphatic rings. The van der Waals surface area contributed by atoms with Gasteiger partial charge in [0.15, 0.2) is 0 Å². The molecule has 1 heterocycles. The average molecular weight is 306 g/mol. The van der Waals surface area contributed by atoms with E-state index in [-0.39, 0.29) is 6.10 Å². The molecule has 3 aromatic rings. The van der Waals surface area contributed by atoms with Gasteiger partial charge in [0.1, 0.15) is 11.5 Å². The van der Waals surface area contributed by atoms with E-state index in [4.69, 9.17) is 4.74 Å². The van der Waals surface area contributed by atoms with Crippen LogP contribution in [0.15, 0.2) is 72.8 Å². The number of hydrogen-bond donors (Lipinski definition) is 0. The highest BCUT2D eigenvalue weighted by Crippen LogP contribution is 2.38. The van der Waals surface area contributed by atoms with Crippen molar-refractivity contribution in [3.05, 3.63) is 83.9 Å². The lowest BCUT2D eigenvalue weighted by atomic mass is 9.96. The van der Waals surface area contributed by atoms with E-state index in [0.717, 1.165) is 6.42 Å². The van der Waals surface area contributed by atoms with Crippen LogP contribution in [-0.4, -0.2) is 11.2 Å². The van der Waals surface area contributed by atoms with Crippen LogP contribution in [-0.2, 0) is 4.74 Å². The van der Waals surface area contributed by atoms with E-state index in [9.17, 15) is 0 Å². The summed E-state index contributed by atoms with van der Waals surface area (Å²) in [6.45, 7) is 0. The highest BCUT2D eigenvalue weighted by molar-refractivity contribution is 8.01. The Bertz CT molecular complexity index is 760. The van der Waals surface area contributed by atoms with Crippen molar-refractivity contribution in [2.24, 2.45) is 0 Å². The molecule has 0 saturated carbocycles. The molecule has 2 unspecified atom stereocenters. The minimum Gasteiger partial charge on any atom is -0.355 e. The molecule has 0 N–H and O–H groups in total. The summed E-state index contributed by atoms with van der Waals surface area (Å²) in [5, 5.41) is 2.55. The number of benzene rings is 3. The topological polar surface area (TPSA) is 9.23 Å². The molecule has 0 spiro atoms. The van der Waals surface area contributed by atoms with E-state index < -0.39 is 0 Å². The van der Waals surface area contributed by atoms with E-state index in [1.54, 1.807) is 0 Å². The highest BCUT2D eigenvalue weighted by Gasteiger charge is 2.26. The summed E-state index contributed by atoms with van der Waals surface area (Å²) in [7, 11) is 0. The predicted octanol–water partition coefficient (Wildman–Crippen LogP) is 5.41. The first-order valence-corrected chi connectivity index (χ1v) is 8.76. The molecule has 0 aliphatic carbocycles. The largest absolute Gasteiger partial charge is 0.355 e. The molecule has 1 fully saturated rings. The Morgan fingerprint density at radius 2 is 1.59 bits per heavy atom. The summed E-state index contributed by atoms with van der Waals surface area (Å²) in [6.07, 6.45) is 1.16. The fraction of sp³-hybridized carbons (Fsp3) is 0.200. The Hall–Kier alpha value is -1.77. The molecular formula is C20H18OS. The Balaban J connectivity index is 1.81. The molecule has 0 radical (unpaired) electrons. The molecule has 22 heavy (non-hydrogen) atoms. The van der Waals surface area contributed by atoms with Gasteiger partial charge in [0.05, 0.1) is 0 Å². The molecule has 1 nitrogen and oxygen atoms in total. The number of hydrogen-bond acceptors (Lipinski definition) is 2. The normalized spacial score (nSPS) is 18.8. The van der Waals surface area contributed by atoms with E-state index in [1.165, 1.54) is 27.7 Å². The lowest BCUT2D eigenvalue weighted by molar-refractivity contribution is 0.0528. The van der Waals surface area contributed by atoms with Crippen molar-refractivity contribution in [2.45, 2.75) is 18.0 Å². The van der Waals surface area contributed by atoms with Crippen molar-refractivity contribution < 1.29 is 4.74 Å². The van der Waals surface area contributed by atoms with Gasteiger partial charge in [-0.15, -0.1) is 11.8 Å². The zero-order valence-corrected chi connectivity index (χ0v) is 13.1. The van der Waals surface area contributed by atoms with Crippen molar-refractivity contribution in [3.8, 4) is 0 Å². The Morgan fingerprint density at radius 1 is 0.864 bits per heavy atom. The summed E-state index contributed by atoms with van der Waals surface area (Å²) in [4.78, 5) is 0. The van der Waals surface area contributed by atoms with Gasteiger partial charge in [0.25, 0.3) is 0 Å². The summed E-state index contributed by atoms with van der Waals surface area (Å²) in [5.41, 5.74) is 2.81. The van der Waals surface area contributed by atoms with Crippen molar-refractivity contribution >= 4 is 22.5 Å². The standard InChI is InChI=1S/C20H18OS/c1-2-8-16(9-3-1)20(21-19-13-14-22-19)18-12-6-10-15-7-4-5-11-17(15)18/h1-12,19-20H,13-14H2. The summed E-state index contributed by atoms with van der Waals surface area (Å²) < 4.78 is 6.43. The van der Waals surface area contributed by atoms with Crippen LogP contribution < -0.4 is 0 Å². The minimum atomic E-state index is 0.00472. The monoisotopic (exact) mass is 306 g/mol. The second-order valence-electron chi connectivity index (χ2n) is 5.58. The first-order valence-electron chi connectivity index (χ1n) is 7.71. The summed E-state index contributed by atoms with van der Waals surface area (Å²) >= 11 is 1.91. The molecule has 0 aromatic heterocycles. The first kappa shape index (κ1) is 13.9. The van der Waals surface area contributed by atoms with Gasteiger partial charge in [-0.3, -0.25) is 0 Å². The third-order valence-corrected chi connectivity index (χ3v) is 5.34. The SMILES string of the molecule is c1ccc(C(OC2CCS2)c2cccc3ccccc23)cc1. The van der Waals surface area contributed by atoms with Crippen LogP contribution in [0, 0.1) is 0 Å². The quantitative estimate of drug-likeness (QED) is 0.637. The van der Waals surface area contributed by atoms with Crippen molar-refractivity contribution in [1.29, 1.82) is 0 Å². The highest BCUT2D eigenvalue weighted by atomic mass is 32.2. The minimum absolute atomic E-state index is 0.00472. The van der Waals surface area contributed by atoms with Crippen molar-refractivity contribution in [1.82, 2.24) is 0 Å². The van der Waals surface area contributed by atoms with Crippen LogP contribution in [0.25, 0.3) is 10.8 Å². The fourth-order valence-electron chi connectivity index (χ4n) is 2.91. The third-order valence-electron chi connectivity index (χ3n) is 4.15. The molecule has 3 aromatic carbocycles. The van der Waals surface area contributed by atoms with Gasteiger partial charge in [-0.05, 0) is 34.1 Å². The molecule has 110 valence electrons. The number of ether oxygens (including phenoxy) is 1. The fourth-order valence-corrected chi connectivity index (χ4v) is 3.53. The number of thioether (sulfide) groups is 1. The predicted molar refractivity (Wildman–Crippen MR) is 94.2 cm³/mol. The average Bonchev–Trinajstić information content (AvgIpc) is 2.55. The molecule has 2 heteroatoms. The molecule has 0 amide bonds. The van der Waals surface area contributed by atoms with E-state index in [1.807, 2.05) is 11.8 Å². The lowest BCUT2D eigenvalue weighted by Crippen LogP contribution is -2.22. The van der Waals surface area contributed by atoms with Crippen molar-refractivity contribution in [2.75, 3.05) is 5.75 Å². The van der Waals surface area contributed by atoms with Gasteiger partial charge < -0.3 is 4.74 Å². The molecule has 1 saturated heterocycles. The van der Waals surface area contributed by atoms with Crippen molar-refractivity contribution in [3.63, 3.8) is 0 Å². The van der Waals surface area contributed by atoms with Gasteiger partial charge in [-0.25, -0.2) is 0 Å². The molecule has 1 aliphatic heterocycles. The molecular weight excluding hydrogens is 288 g/mol. The van der Waals surface area contributed by atoms with Gasteiger partial charge >= 0.3 is 0 Å². The van der Waals surface area contributed by atoms with E-state index in [0.29, 0.717) is 5.44 Å². The second-order valence-corrected chi connectivity index (χ2v) is 6.85. The maximum absolute atomic E-state index is 6.43. The first-order chi connectivity index (χ1) is 10.9. The Labute approximate surface area is 135 Å². The van der Waals surface area contributed by atoms with Gasteiger partial charge in [0, 0.05) is 0 Å².